The van der Waals surface area contributed by atoms with E-state index in [1.807, 2.05) is 13.8 Å². The molecule has 3 heteroatoms. The van der Waals surface area contributed by atoms with Crippen LogP contribution in [0, 0.1) is 13.8 Å². The van der Waals surface area contributed by atoms with Gasteiger partial charge in [0.05, 0.1) is 0 Å². The van der Waals surface area contributed by atoms with Crippen LogP contribution in [-0.2, 0) is 11.2 Å². The van der Waals surface area contributed by atoms with E-state index in [2.05, 4.69) is 37.4 Å². The Labute approximate surface area is 116 Å². The minimum Gasteiger partial charge on any atom is -0.356 e. The van der Waals surface area contributed by atoms with Gasteiger partial charge in [0, 0.05) is 18.5 Å². The number of aryl methyl sites for hydroxylation is 2. The summed E-state index contributed by atoms with van der Waals surface area (Å²) in [6.07, 6.45) is 2.08. The van der Waals surface area contributed by atoms with Crippen LogP contribution >= 0.6 is 0 Å². The Morgan fingerprint density at radius 3 is 2.53 bits per heavy atom. The van der Waals surface area contributed by atoms with Crippen molar-refractivity contribution in [1.82, 2.24) is 5.32 Å². The molecule has 106 valence electrons. The quantitative estimate of drug-likeness (QED) is 0.827. The van der Waals surface area contributed by atoms with Gasteiger partial charge >= 0.3 is 0 Å². The van der Waals surface area contributed by atoms with Crippen LogP contribution < -0.4 is 11.1 Å². The standard InChI is InChI=1S/C16H26N2O/c1-12-5-6-14(11-13(12)2)8-10-18-15(19)7-9-16(3,4)17/h5-6,11H,7-10,17H2,1-4H3,(H,18,19). The second kappa shape index (κ2) is 6.71. The molecule has 0 aliphatic rings. The lowest BCUT2D eigenvalue weighted by Crippen LogP contribution is -2.34. The Morgan fingerprint density at radius 1 is 1.26 bits per heavy atom. The van der Waals surface area contributed by atoms with E-state index in [4.69, 9.17) is 5.73 Å². The largest absolute Gasteiger partial charge is 0.356 e. The lowest BCUT2D eigenvalue weighted by Gasteiger charge is -2.17. The number of amides is 1. The Bertz CT molecular complexity index is 433. The van der Waals surface area contributed by atoms with Crippen molar-refractivity contribution in [2.75, 3.05) is 6.54 Å². The number of benzene rings is 1. The molecule has 0 unspecified atom stereocenters. The molecule has 3 nitrogen and oxygen atoms in total. The molecule has 0 aliphatic heterocycles. The summed E-state index contributed by atoms with van der Waals surface area (Å²) in [6, 6.07) is 6.44. The summed E-state index contributed by atoms with van der Waals surface area (Å²) in [5.41, 5.74) is 9.45. The highest BCUT2D eigenvalue weighted by atomic mass is 16.1. The van der Waals surface area contributed by atoms with Crippen LogP contribution in [0.1, 0.15) is 43.4 Å². The minimum absolute atomic E-state index is 0.0855. The molecule has 0 bridgehead atoms. The topological polar surface area (TPSA) is 55.1 Å². The molecule has 1 aromatic carbocycles. The monoisotopic (exact) mass is 262 g/mol. The first-order chi connectivity index (χ1) is 8.78. The van der Waals surface area contributed by atoms with E-state index in [9.17, 15) is 4.79 Å². The molecule has 0 saturated carbocycles. The number of carbonyl (C=O) groups excluding carboxylic acids is 1. The smallest absolute Gasteiger partial charge is 0.220 e. The summed E-state index contributed by atoms with van der Waals surface area (Å²) in [7, 11) is 0. The highest BCUT2D eigenvalue weighted by Gasteiger charge is 2.12. The van der Waals surface area contributed by atoms with Crippen molar-refractivity contribution in [3.05, 3.63) is 34.9 Å². The van der Waals surface area contributed by atoms with Crippen LogP contribution in [0.25, 0.3) is 0 Å². The van der Waals surface area contributed by atoms with Crippen LogP contribution in [-0.4, -0.2) is 18.0 Å². The number of hydrogen-bond donors (Lipinski definition) is 2. The van der Waals surface area contributed by atoms with Gasteiger partial charge in [0.25, 0.3) is 0 Å². The summed E-state index contributed by atoms with van der Waals surface area (Å²) in [4.78, 5) is 11.6. The molecule has 0 spiro atoms. The molecule has 0 aromatic heterocycles. The predicted molar refractivity (Wildman–Crippen MR) is 80.1 cm³/mol. The number of nitrogens with one attached hydrogen (secondary N) is 1. The predicted octanol–water partition coefficient (Wildman–Crippen LogP) is 2.48. The average Bonchev–Trinajstić information content (AvgIpc) is 2.30. The van der Waals surface area contributed by atoms with Crippen LogP contribution in [0.3, 0.4) is 0 Å². The molecule has 0 heterocycles. The first kappa shape index (κ1) is 15.7. The molecule has 1 amide bonds. The zero-order chi connectivity index (χ0) is 14.5. The van der Waals surface area contributed by atoms with Crippen LogP contribution in [0.2, 0.25) is 0 Å². The van der Waals surface area contributed by atoms with Crippen molar-refractivity contribution in [3.63, 3.8) is 0 Å². The molecular formula is C16H26N2O. The van der Waals surface area contributed by atoms with Crippen LogP contribution in [0.15, 0.2) is 18.2 Å². The summed E-state index contributed by atoms with van der Waals surface area (Å²) in [5, 5.41) is 2.94. The number of carbonyl (C=O) groups is 1. The van der Waals surface area contributed by atoms with Gasteiger partial charge in [0.1, 0.15) is 0 Å². The van der Waals surface area contributed by atoms with E-state index in [0.717, 1.165) is 6.42 Å². The van der Waals surface area contributed by atoms with Gasteiger partial charge in [-0.05, 0) is 57.2 Å². The van der Waals surface area contributed by atoms with E-state index in [1.54, 1.807) is 0 Å². The van der Waals surface area contributed by atoms with E-state index < -0.39 is 0 Å². The highest BCUT2D eigenvalue weighted by Crippen LogP contribution is 2.10. The van der Waals surface area contributed by atoms with Crippen molar-refractivity contribution in [1.29, 1.82) is 0 Å². The summed E-state index contributed by atoms with van der Waals surface area (Å²) in [6.45, 7) is 8.78. The molecule has 0 saturated heterocycles. The Balaban J connectivity index is 2.30. The maximum Gasteiger partial charge on any atom is 0.220 e. The second-order valence-electron chi connectivity index (χ2n) is 6.01. The third-order valence-corrected chi connectivity index (χ3v) is 3.30. The molecule has 0 fully saturated rings. The van der Waals surface area contributed by atoms with Crippen LogP contribution in [0.5, 0.6) is 0 Å². The molecule has 3 N–H and O–H groups in total. The Hall–Kier alpha value is -1.35. The van der Waals surface area contributed by atoms with Crippen molar-refractivity contribution in [3.8, 4) is 0 Å². The summed E-state index contributed by atoms with van der Waals surface area (Å²) < 4.78 is 0. The molecule has 1 rings (SSSR count). The maximum absolute atomic E-state index is 11.6. The van der Waals surface area contributed by atoms with Gasteiger partial charge < -0.3 is 11.1 Å². The van der Waals surface area contributed by atoms with E-state index in [0.29, 0.717) is 19.4 Å². The van der Waals surface area contributed by atoms with Gasteiger partial charge in [-0.25, -0.2) is 0 Å². The van der Waals surface area contributed by atoms with Crippen molar-refractivity contribution >= 4 is 5.91 Å². The van der Waals surface area contributed by atoms with Crippen molar-refractivity contribution < 1.29 is 4.79 Å². The van der Waals surface area contributed by atoms with Gasteiger partial charge in [-0.2, -0.15) is 0 Å². The van der Waals surface area contributed by atoms with E-state index in [1.165, 1.54) is 16.7 Å². The van der Waals surface area contributed by atoms with Crippen molar-refractivity contribution in [2.24, 2.45) is 5.73 Å². The molecule has 19 heavy (non-hydrogen) atoms. The van der Waals surface area contributed by atoms with Gasteiger partial charge in [0.15, 0.2) is 0 Å². The van der Waals surface area contributed by atoms with Gasteiger partial charge in [0.2, 0.25) is 5.91 Å². The van der Waals surface area contributed by atoms with Crippen molar-refractivity contribution in [2.45, 2.75) is 52.5 Å². The fraction of sp³-hybridized carbons (Fsp3) is 0.562. The summed E-state index contributed by atoms with van der Waals surface area (Å²) in [5.74, 6) is 0.0855. The zero-order valence-electron chi connectivity index (χ0n) is 12.5. The highest BCUT2D eigenvalue weighted by molar-refractivity contribution is 5.75. The van der Waals surface area contributed by atoms with E-state index in [-0.39, 0.29) is 11.4 Å². The van der Waals surface area contributed by atoms with E-state index >= 15 is 0 Å². The molecule has 0 radical (unpaired) electrons. The molecular weight excluding hydrogens is 236 g/mol. The van der Waals surface area contributed by atoms with Gasteiger partial charge in [-0.15, -0.1) is 0 Å². The SMILES string of the molecule is Cc1ccc(CCNC(=O)CCC(C)(C)N)cc1C. The molecule has 0 aliphatic carbocycles. The molecule has 0 atom stereocenters. The summed E-state index contributed by atoms with van der Waals surface area (Å²) >= 11 is 0. The second-order valence-corrected chi connectivity index (χ2v) is 6.01. The number of hydrogen-bond acceptors (Lipinski definition) is 2. The third-order valence-electron chi connectivity index (χ3n) is 3.30. The minimum atomic E-state index is -0.272. The zero-order valence-corrected chi connectivity index (χ0v) is 12.5. The third kappa shape index (κ3) is 6.39. The average molecular weight is 262 g/mol. The Morgan fingerprint density at radius 2 is 1.95 bits per heavy atom. The number of rotatable bonds is 6. The van der Waals surface area contributed by atoms with Crippen LogP contribution in [0.4, 0.5) is 0 Å². The first-order valence-electron chi connectivity index (χ1n) is 6.90. The Kier molecular flexibility index (Phi) is 5.55. The lowest BCUT2D eigenvalue weighted by atomic mass is 10.00. The fourth-order valence-corrected chi connectivity index (χ4v) is 1.83. The van der Waals surface area contributed by atoms with Gasteiger partial charge in [-0.1, -0.05) is 18.2 Å². The number of nitrogens with two attached hydrogens (primary N) is 1. The molecule has 1 aromatic rings. The fourth-order valence-electron chi connectivity index (χ4n) is 1.83. The maximum atomic E-state index is 11.6. The van der Waals surface area contributed by atoms with Gasteiger partial charge in [-0.3, -0.25) is 4.79 Å². The lowest BCUT2D eigenvalue weighted by molar-refractivity contribution is -0.121. The first-order valence-corrected chi connectivity index (χ1v) is 6.90. The normalized spacial score (nSPS) is 11.4.